The highest BCUT2D eigenvalue weighted by atomic mass is 16.5. The van der Waals surface area contributed by atoms with Crippen molar-refractivity contribution in [2.75, 3.05) is 6.61 Å². The molecule has 0 spiro atoms. The van der Waals surface area contributed by atoms with Gasteiger partial charge in [-0.25, -0.2) is 14.8 Å². The maximum atomic E-state index is 11.2. The summed E-state index contributed by atoms with van der Waals surface area (Å²) in [6.45, 7) is 6.56. The fraction of sp³-hybridized carbons (Fsp3) is 0.667. The van der Waals surface area contributed by atoms with Gasteiger partial charge < -0.3 is 9.84 Å². The summed E-state index contributed by atoms with van der Waals surface area (Å²) in [7, 11) is 0. The topological polar surface area (TPSA) is 72.3 Å². The first-order chi connectivity index (χ1) is 9.47. The SMILES string of the molecule is CCOC1(c2nc(C)cc(C(=O)O)n2)CCC(C)CC1. The third-order valence-electron chi connectivity index (χ3n) is 3.98. The van der Waals surface area contributed by atoms with Crippen LogP contribution in [-0.4, -0.2) is 27.7 Å². The van der Waals surface area contributed by atoms with E-state index in [0.717, 1.165) is 25.7 Å². The molecule has 5 nitrogen and oxygen atoms in total. The lowest BCUT2D eigenvalue weighted by Crippen LogP contribution is -2.36. The van der Waals surface area contributed by atoms with E-state index >= 15 is 0 Å². The van der Waals surface area contributed by atoms with Crippen LogP contribution in [-0.2, 0) is 10.3 Å². The van der Waals surface area contributed by atoms with Crippen molar-refractivity contribution in [2.24, 2.45) is 5.92 Å². The summed E-state index contributed by atoms with van der Waals surface area (Å²) in [6, 6.07) is 1.50. The largest absolute Gasteiger partial charge is 0.477 e. The minimum absolute atomic E-state index is 0.0465. The van der Waals surface area contributed by atoms with Crippen LogP contribution in [0.1, 0.15) is 61.5 Å². The lowest BCUT2D eigenvalue weighted by molar-refractivity contribution is -0.0838. The Bertz CT molecular complexity index is 494. The smallest absolute Gasteiger partial charge is 0.354 e. The summed E-state index contributed by atoms with van der Waals surface area (Å²) in [5.41, 5.74) is 0.201. The Balaban J connectivity index is 2.41. The maximum Gasteiger partial charge on any atom is 0.354 e. The van der Waals surface area contributed by atoms with Gasteiger partial charge in [0.1, 0.15) is 5.60 Å². The Morgan fingerprint density at radius 1 is 1.45 bits per heavy atom. The van der Waals surface area contributed by atoms with Crippen LogP contribution in [0.15, 0.2) is 6.07 Å². The summed E-state index contributed by atoms with van der Waals surface area (Å²) < 4.78 is 5.98. The zero-order valence-electron chi connectivity index (χ0n) is 12.3. The highest BCUT2D eigenvalue weighted by molar-refractivity contribution is 5.85. The molecular weight excluding hydrogens is 256 g/mol. The number of rotatable bonds is 4. The molecule has 0 aromatic carbocycles. The number of ether oxygens (including phenoxy) is 1. The number of aryl methyl sites for hydroxylation is 1. The Kier molecular flexibility index (Phi) is 4.38. The predicted octanol–water partition coefficient (Wildman–Crippen LogP) is 2.93. The van der Waals surface area contributed by atoms with Gasteiger partial charge >= 0.3 is 5.97 Å². The Morgan fingerprint density at radius 2 is 2.10 bits per heavy atom. The van der Waals surface area contributed by atoms with Gasteiger partial charge in [-0.05, 0) is 51.5 Å². The van der Waals surface area contributed by atoms with Crippen LogP contribution in [0.3, 0.4) is 0 Å². The van der Waals surface area contributed by atoms with Crippen LogP contribution >= 0.6 is 0 Å². The van der Waals surface area contributed by atoms with Crippen molar-refractivity contribution < 1.29 is 14.6 Å². The molecule has 1 aliphatic carbocycles. The lowest BCUT2D eigenvalue weighted by atomic mass is 9.78. The second kappa shape index (κ2) is 5.87. The van der Waals surface area contributed by atoms with Crippen molar-refractivity contribution in [1.82, 2.24) is 9.97 Å². The summed E-state index contributed by atoms with van der Waals surface area (Å²) in [4.78, 5) is 19.9. The number of aromatic nitrogens is 2. The number of hydrogen-bond acceptors (Lipinski definition) is 4. The molecule has 0 unspecified atom stereocenters. The Hall–Kier alpha value is -1.49. The van der Waals surface area contributed by atoms with Crippen molar-refractivity contribution in [2.45, 2.75) is 52.1 Å². The predicted molar refractivity (Wildman–Crippen MR) is 74.7 cm³/mol. The van der Waals surface area contributed by atoms with E-state index in [1.807, 2.05) is 6.92 Å². The van der Waals surface area contributed by atoms with Crippen LogP contribution in [0.5, 0.6) is 0 Å². The van der Waals surface area contributed by atoms with E-state index in [9.17, 15) is 4.79 Å². The van der Waals surface area contributed by atoms with Crippen LogP contribution in [0.25, 0.3) is 0 Å². The Labute approximate surface area is 119 Å². The van der Waals surface area contributed by atoms with Crippen LogP contribution < -0.4 is 0 Å². The van der Waals surface area contributed by atoms with Crippen LogP contribution in [0.4, 0.5) is 0 Å². The molecule has 1 aromatic heterocycles. The molecule has 0 amide bonds. The molecule has 1 aromatic rings. The van der Waals surface area contributed by atoms with Crippen LogP contribution in [0, 0.1) is 12.8 Å². The molecule has 5 heteroatoms. The van der Waals surface area contributed by atoms with E-state index in [-0.39, 0.29) is 5.69 Å². The molecule has 1 fully saturated rings. The molecule has 0 radical (unpaired) electrons. The average Bonchev–Trinajstić information content (AvgIpc) is 2.41. The summed E-state index contributed by atoms with van der Waals surface area (Å²) in [6.07, 6.45) is 3.81. The Morgan fingerprint density at radius 3 is 2.65 bits per heavy atom. The first-order valence-corrected chi connectivity index (χ1v) is 7.20. The summed E-state index contributed by atoms with van der Waals surface area (Å²) in [5, 5.41) is 9.16. The first kappa shape index (κ1) is 14.9. The molecular formula is C15H22N2O3. The van der Waals surface area contributed by atoms with E-state index in [2.05, 4.69) is 16.9 Å². The van der Waals surface area contributed by atoms with E-state index in [1.54, 1.807) is 6.92 Å². The highest BCUT2D eigenvalue weighted by Crippen LogP contribution is 2.41. The van der Waals surface area contributed by atoms with E-state index < -0.39 is 11.6 Å². The quantitative estimate of drug-likeness (QED) is 0.916. The third-order valence-corrected chi connectivity index (χ3v) is 3.98. The van der Waals surface area contributed by atoms with Gasteiger partial charge in [-0.15, -0.1) is 0 Å². The second-order valence-corrected chi connectivity index (χ2v) is 5.63. The van der Waals surface area contributed by atoms with Gasteiger partial charge in [-0.3, -0.25) is 0 Å². The molecule has 20 heavy (non-hydrogen) atoms. The number of hydrogen-bond donors (Lipinski definition) is 1. The molecule has 0 saturated heterocycles. The fourth-order valence-corrected chi connectivity index (χ4v) is 2.82. The van der Waals surface area contributed by atoms with Gasteiger partial charge in [0.15, 0.2) is 11.5 Å². The number of carboxylic acids is 1. The first-order valence-electron chi connectivity index (χ1n) is 7.20. The normalized spacial score (nSPS) is 26.4. The van der Waals surface area contributed by atoms with Crippen LogP contribution in [0.2, 0.25) is 0 Å². The van der Waals surface area contributed by atoms with Crippen molar-refractivity contribution in [1.29, 1.82) is 0 Å². The lowest BCUT2D eigenvalue weighted by Gasteiger charge is -2.38. The van der Waals surface area contributed by atoms with Gasteiger partial charge in [-0.1, -0.05) is 6.92 Å². The number of nitrogens with zero attached hydrogens (tertiary/aromatic N) is 2. The maximum absolute atomic E-state index is 11.2. The molecule has 2 rings (SSSR count). The van der Waals surface area contributed by atoms with Crippen molar-refractivity contribution in [3.05, 3.63) is 23.3 Å². The molecule has 1 N–H and O–H groups in total. The number of carbonyl (C=O) groups is 1. The number of carboxylic acid groups (broad SMARTS) is 1. The van der Waals surface area contributed by atoms with E-state index in [1.165, 1.54) is 6.07 Å². The number of aromatic carboxylic acids is 1. The van der Waals surface area contributed by atoms with Crippen molar-refractivity contribution in [3.63, 3.8) is 0 Å². The highest BCUT2D eigenvalue weighted by Gasteiger charge is 2.39. The zero-order valence-corrected chi connectivity index (χ0v) is 12.3. The molecule has 0 aliphatic heterocycles. The fourth-order valence-electron chi connectivity index (χ4n) is 2.82. The van der Waals surface area contributed by atoms with Gasteiger partial charge in [0, 0.05) is 12.3 Å². The molecule has 1 heterocycles. The van der Waals surface area contributed by atoms with Crippen molar-refractivity contribution in [3.8, 4) is 0 Å². The molecule has 0 atom stereocenters. The van der Waals surface area contributed by atoms with E-state index in [0.29, 0.717) is 24.0 Å². The van der Waals surface area contributed by atoms with Gasteiger partial charge in [0.25, 0.3) is 0 Å². The second-order valence-electron chi connectivity index (χ2n) is 5.63. The molecule has 0 bridgehead atoms. The van der Waals surface area contributed by atoms with Gasteiger partial charge in [-0.2, -0.15) is 0 Å². The monoisotopic (exact) mass is 278 g/mol. The zero-order chi connectivity index (χ0) is 14.8. The molecule has 1 aliphatic rings. The average molecular weight is 278 g/mol. The molecule has 110 valence electrons. The van der Waals surface area contributed by atoms with Crippen molar-refractivity contribution >= 4 is 5.97 Å². The summed E-state index contributed by atoms with van der Waals surface area (Å²) >= 11 is 0. The molecule has 1 saturated carbocycles. The van der Waals surface area contributed by atoms with Gasteiger partial charge in [0.2, 0.25) is 0 Å². The van der Waals surface area contributed by atoms with Gasteiger partial charge in [0.05, 0.1) is 0 Å². The standard InChI is InChI=1S/C15H22N2O3/c1-4-20-15(7-5-10(2)6-8-15)14-16-11(3)9-12(17-14)13(18)19/h9-10H,4-8H2,1-3H3,(H,18,19). The third kappa shape index (κ3) is 2.98. The van der Waals surface area contributed by atoms with E-state index in [4.69, 9.17) is 9.84 Å². The summed E-state index contributed by atoms with van der Waals surface area (Å²) in [5.74, 6) is 0.184. The minimum Gasteiger partial charge on any atom is -0.477 e. The minimum atomic E-state index is -1.02.